The van der Waals surface area contributed by atoms with Gasteiger partial charge < -0.3 is 4.74 Å². The average Bonchev–Trinajstić information content (AvgIpc) is 2.56. The fourth-order valence-electron chi connectivity index (χ4n) is 1.98. The first-order valence-corrected chi connectivity index (χ1v) is 7.85. The lowest BCUT2D eigenvalue weighted by molar-refractivity contribution is -0.123. The number of hydrogen-bond acceptors (Lipinski definition) is 3. The highest BCUT2D eigenvalue weighted by atomic mass is 35.5. The summed E-state index contributed by atoms with van der Waals surface area (Å²) in [6.07, 6.45) is 3.64. The molecule has 120 valence electrons. The van der Waals surface area contributed by atoms with Crippen molar-refractivity contribution in [2.24, 2.45) is 5.10 Å². The zero-order valence-corrected chi connectivity index (χ0v) is 13.7. The summed E-state index contributed by atoms with van der Waals surface area (Å²) in [5.74, 6) is 0.334. The molecule has 2 rings (SSSR count). The number of aryl methyl sites for hydroxylation is 1. The van der Waals surface area contributed by atoms with Crippen LogP contribution >= 0.6 is 11.6 Å². The summed E-state index contributed by atoms with van der Waals surface area (Å²) in [7, 11) is 0. The lowest BCUT2D eigenvalue weighted by Gasteiger charge is -2.06. The van der Waals surface area contributed by atoms with Gasteiger partial charge in [0.2, 0.25) is 0 Å². The lowest BCUT2D eigenvalue weighted by Crippen LogP contribution is -2.24. The molecule has 0 atom stereocenters. The van der Waals surface area contributed by atoms with E-state index in [9.17, 15) is 4.79 Å². The highest BCUT2D eigenvalue weighted by Crippen LogP contribution is 2.13. The summed E-state index contributed by atoms with van der Waals surface area (Å²) < 4.78 is 5.42. The fourth-order valence-corrected chi connectivity index (χ4v) is 2.16. The van der Waals surface area contributed by atoms with Gasteiger partial charge in [-0.3, -0.25) is 4.79 Å². The molecule has 0 radical (unpaired) electrons. The Kier molecular flexibility index (Phi) is 6.63. The number of carbonyl (C=O) groups excluding carboxylic acids is 1. The van der Waals surface area contributed by atoms with Gasteiger partial charge in [0.05, 0.1) is 6.21 Å². The Bertz CT molecular complexity index is 669. The first-order chi connectivity index (χ1) is 11.2. The van der Waals surface area contributed by atoms with Gasteiger partial charge in [-0.2, -0.15) is 5.10 Å². The monoisotopic (exact) mass is 330 g/mol. The molecule has 0 fully saturated rings. The Morgan fingerprint density at radius 3 is 2.65 bits per heavy atom. The van der Waals surface area contributed by atoms with Crippen LogP contribution in [0.2, 0.25) is 5.02 Å². The Hall–Kier alpha value is -2.33. The van der Waals surface area contributed by atoms with Crippen LogP contribution in [0.3, 0.4) is 0 Å². The minimum atomic E-state index is -0.328. The molecular weight excluding hydrogens is 312 g/mol. The molecular formula is C18H19ClN2O2. The number of carbonyl (C=O) groups is 1. The fraction of sp³-hybridized carbons (Fsp3) is 0.222. The van der Waals surface area contributed by atoms with Crippen molar-refractivity contribution in [2.45, 2.75) is 19.8 Å². The molecule has 23 heavy (non-hydrogen) atoms. The van der Waals surface area contributed by atoms with Gasteiger partial charge in [0.1, 0.15) is 5.75 Å². The van der Waals surface area contributed by atoms with E-state index in [1.54, 1.807) is 6.07 Å². The van der Waals surface area contributed by atoms with Crippen molar-refractivity contribution in [3.05, 3.63) is 64.7 Å². The summed E-state index contributed by atoms with van der Waals surface area (Å²) in [6.45, 7) is 2.05. The van der Waals surface area contributed by atoms with E-state index in [1.165, 1.54) is 11.8 Å². The molecule has 0 unspecified atom stereocenters. The maximum atomic E-state index is 11.7. The quantitative estimate of drug-likeness (QED) is 0.619. The van der Waals surface area contributed by atoms with E-state index in [0.29, 0.717) is 10.8 Å². The van der Waals surface area contributed by atoms with Crippen LogP contribution in [-0.4, -0.2) is 18.7 Å². The average molecular weight is 331 g/mol. The molecule has 0 saturated carbocycles. The second kappa shape index (κ2) is 8.96. The summed E-state index contributed by atoms with van der Waals surface area (Å²) in [6, 6.07) is 15.0. The van der Waals surface area contributed by atoms with Crippen molar-refractivity contribution in [2.75, 3.05) is 6.61 Å². The largest absolute Gasteiger partial charge is 0.484 e. The topological polar surface area (TPSA) is 50.7 Å². The third-order valence-electron chi connectivity index (χ3n) is 3.13. The van der Waals surface area contributed by atoms with Gasteiger partial charge in [0.25, 0.3) is 5.91 Å². The number of nitrogens with one attached hydrogen (secondary N) is 1. The number of rotatable bonds is 7. The number of hydrazone groups is 1. The first kappa shape index (κ1) is 17.0. The van der Waals surface area contributed by atoms with E-state index in [4.69, 9.17) is 16.3 Å². The molecule has 5 heteroatoms. The Balaban J connectivity index is 1.78. The number of ether oxygens (including phenoxy) is 1. The number of hydrogen-bond donors (Lipinski definition) is 1. The Morgan fingerprint density at radius 1 is 1.22 bits per heavy atom. The van der Waals surface area contributed by atoms with Gasteiger partial charge in [-0.15, -0.1) is 0 Å². The van der Waals surface area contributed by atoms with E-state index in [-0.39, 0.29) is 12.5 Å². The molecule has 4 nitrogen and oxygen atoms in total. The van der Waals surface area contributed by atoms with E-state index < -0.39 is 0 Å². The van der Waals surface area contributed by atoms with E-state index in [0.717, 1.165) is 18.4 Å². The summed E-state index contributed by atoms with van der Waals surface area (Å²) in [4.78, 5) is 11.7. The highest BCUT2D eigenvalue weighted by molar-refractivity contribution is 6.33. The normalized spacial score (nSPS) is 10.7. The van der Waals surface area contributed by atoms with Crippen LogP contribution in [0, 0.1) is 0 Å². The summed E-state index contributed by atoms with van der Waals surface area (Å²) in [5, 5.41) is 4.44. The van der Waals surface area contributed by atoms with Gasteiger partial charge in [0.15, 0.2) is 6.61 Å². The third kappa shape index (κ3) is 5.75. The second-order valence-electron chi connectivity index (χ2n) is 5.00. The SMILES string of the molecule is CCCc1ccc(OCC(=O)N/N=C\c2ccccc2Cl)cc1. The smallest absolute Gasteiger partial charge is 0.277 e. The van der Waals surface area contributed by atoms with Crippen LogP contribution in [0.1, 0.15) is 24.5 Å². The van der Waals surface area contributed by atoms with Gasteiger partial charge in [-0.05, 0) is 30.2 Å². The van der Waals surface area contributed by atoms with Crippen LogP contribution in [0.25, 0.3) is 0 Å². The molecule has 0 spiro atoms. The third-order valence-corrected chi connectivity index (χ3v) is 3.47. The molecule has 0 aliphatic carbocycles. The van der Waals surface area contributed by atoms with E-state index in [1.807, 2.05) is 42.5 Å². The van der Waals surface area contributed by atoms with Crippen molar-refractivity contribution in [1.82, 2.24) is 5.43 Å². The molecule has 1 N–H and O–H groups in total. The van der Waals surface area contributed by atoms with Crippen LogP contribution in [0.4, 0.5) is 0 Å². The van der Waals surface area contributed by atoms with Crippen molar-refractivity contribution < 1.29 is 9.53 Å². The van der Waals surface area contributed by atoms with Gasteiger partial charge >= 0.3 is 0 Å². The van der Waals surface area contributed by atoms with Crippen LogP contribution in [0.5, 0.6) is 5.75 Å². The molecule has 2 aromatic carbocycles. The molecule has 1 amide bonds. The molecule has 0 heterocycles. The zero-order chi connectivity index (χ0) is 16.5. The maximum absolute atomic E-state index is 11.7. The molecule has 0 aromatic heterocycles. The van der Waals surface area contributed by atoms with Crippen molar-refractivity contribution in [3.8, 4) is 5.75 Å². The predicted octanol–water partition coefficient (Wildman–Crippen LogP) is 3.82. The van der Waals surface area contributed by atoms with Crippen LogP contribution in [0.15, 0.2) is 53.6 Å². The minimum Gasteiger partial charge on any atom is -0.484 e. The molecule has 0 aliphatic heterocycles. The number of amides is 1. The summed E-state index contributed by atoms with van der Waals surface area (Å²) in [5.41, 5.74) is 4.40. The van der Waals surface area contributed by atoms with Crippen molar-refractivity contribution in [3.63, 3.8) is 0 Å². The van der Waals surface area contributed by atoms with Crippen LogP contribution < -0.4 is 10.2 Å². The van der Waals surface area contributed by atoms with Gasteiger partial charge in [-0.1, -0.05) is 55.3 Å². The van der Waals surface area contributed by atoms with E-state index >= 15 is 0 Å². The van der Waals surface area contributed by atoms with Gasteiger partial charge in [-0.25, -0.2) is 5.43 Å². The maximum Gasteiger partial charge on any atom is 0.277 e. The zero-order valence-electron chi connectivity index (χ0n) is 13.0. The first-order valence-electron chi connectivity index (χ1n) is 7.47. The summed E-state index contributed by atoms with van der Waals surface area (Å²) >= 11 is 5.99. The standard InChI is InChI=1S/C18H19ClN2O2/c1-2-5-14-8-10-16(11-9-14)23-13-18(22)21-20-12-15-6-3-4-7-17(15)19/h3-4,6-12H,2,5,13H2,1H3,(H,21,22)/b20-12-. The van der Waals surface area contributed by atoms with Crippen molar-refractivity contribution >= 4 is 23.7 Å². The highest BCUT2D eigenvalue weighted by Gasteiger charge is 2.02. The van der Waals surface area contributed by atoms with Crippen molar-refractivity contribution in [1.29, 1.82) is 0 Å². The molecule has 2 aromatic rings. The minimum absolute atomic E-state index is 0.0903. The Labute approximate surface area is 141 Å². The number of halogens is 1. The molecule has 0 bridgehead atoms. The van der Waals surface area contributed by atoms with Crippen LogP contribution in [-0.2, 0) is 11.2 Å². The second-order valence-corrected chi connectivity index (χ2v) is 5.40. The van der Waals surface area contributed by atoms with E-state index in [2.05, 4.69) is 17.5 Å². The lowest BCUT2D eigenvalue weighted by atomic mass is 10.1. The molecule has 0 aliphatic rings. The predicted molar refractivity (Wildman–Crippen MR) is 93.1 cm³/mol. The Morgan fingerprint density at radius 2 is 1.96 bits per heavy atom. The molecule has 0 saturated heterocycles. The van der Waals surface area contributed by atoms with Gasteiger partial charge in [0, 0.05) is 10.6 Å². The number of nitrogens with zero attached hydrogens (tertiary/aromatic N) is 1. The number of benzene rings is 2.